The third-order valence-electron chi connectivity index (χ3n) is 0.951. The highest BCUT2D eigenvalue weighted by Crippen LogP contribution is 2.05. The maximum Gasteiger partial charge on any atom is 0.146 e. The molecule has 0 saturated heterocycles. The van der Waals surface area contributed by atoms with Gasteiger partial charge in [-0.3, -0.25) is 4.79 Å². The van der Waals surface area contributed by atoms with Crippen molar-refractivity contribution in [2.75, 3.05) is 0 Å². The molecule has 0 aliphatic heterocycles. The number of carbonyl (C=O) groups is 1. The monoisotopic (exact) mass is 94.0 g/mol. The Morgan fingerprint density at radius 1 is 1.71 bits per heavy atom. The SMILES string of the molecule is O=CC1=CC=CC1. The number of hydrogen-bond donors (Lipinski definition) is 0. The van der Waals surface area contributed by atoms with E-state index in [9.17, 15) is 4.79 Å². The zero-order valence-electron chi connectivity index (χ0n) is 3.92. The van der Waals surface area contributed by atoms with Gasteiger partial charge in [0.15, 0.2) is 0 Å². The van der Waals surface area contributed by atoms with Gasteiger partial charge in [-0.15, -0.1) is 0 Å². The molecule has 0 fully saturated rings. The molecule has 0 unspecified atom stereocenters. The molecule has 0 saturated carbocycles. The quantitative estimate of drug-likeness (QED) is 0.444. The van der Waals surface area contributed by atoms with E-state index >= 15 is 0 Å². The summed E-state index contributed by atoms with van der Waals surface area (Å²) in [5, 5.41) is 0. The maximum absolute atomic E-state index is 9.90. The number of carbonyl (C=O) groups excluding carboxylic acids is 1. The molecule has 1 aliphatic carbocycles. The molecule has 1 heteroatoms. The molecule has 1 nitrogen and oxygen atoms in total. The van der Waals surface area contributed by atoms with Crippen molar-refractivity contribution in [2.24, 2.45) is 0 Å². The van der Waals surface area contributed by atoms with E-state index in [1.54, 1.807) is 0 Å². The highest BCUT2D eigenvalue weighted by Gasteiger charge is 1.92. The van der Waals surface area contributed by atoms with Gasteiger partial charge in [0.2, 0.25) is 0 Å². The van der Waals surface area contributed by atoms with Crippen LogP contribution in [0.2, 0.25) is 0 Å². The Labute approximate surface area is 42.3 Å². The van der Waals surface area contributed by atoms with Crippen molar-refractivity contribution in [3.63, 3.8) is 0 Å². The van der Waals surface area contributed by atoms with Gasteiger partial charge in [-0.25, -0.2) is 0 Å². The van der Waals surface area contributed by atoms with Gasteiger partial charge in [-0.05, 0) is 12.0 Å². The summed E-state index contributed by atoms with van der Waals surface area (Å²) in [5.74, 6) is 0. The van der Waals surface area contributed by atoms with E-state index in [1.807, 2.05) is 18.2 Å². The van der Waals surface area contributed by atoms with Gasteiger partial charge < -0.3 is 0 Å². The highest BCUT2D eigenvalue weighted by atomic mass is 16.1. The molecule has 0 atom stereocenters. The average molecular weight is 94.1 g/mol. The summed E-state index contributed by atoms with van der Waals surface area (Å²) in [4.78, 5) is 9.90. The predicted octanol–water partition coefficient (Wildman–Crippen LogP) is 1.07. The molecule has 0 heterocycles. The van der Waals surface area contributed by atoms with Crippen molar-refractivity contribution in [2.45, 2.75) is 6.42 Å². The summed E-state index contributed by atoms with van der Waals surface area (Å²) in [6.45, 7) is 0. The molecule has 0 aromatic rings. The lowest BCUT2D eigenvalue weighted by molar-refractivity contribution is -0.104. The van der Waals surface area contributed by atoms with Gasteiger partial charge in [0, 0.05) is 0 Å². The van der Waals surface area contributed by atoms with Crippen LogP contribution in [0.25, 0.3) is 0 Å². The normalized spacial score (nSPS) is 16.9. The lowest BCUT2D eigenvalue weighted by Gasteiger charge is -1.78. The van der Waals surface area contributed by atoms with Gasteiger partial charge in [0.05, 0.1) is 0 Å². The maximum atomic E-state index is 9.90. The van der Waals surface area contributed by atoms with Crippen molar-refractivity contribution >= 4 is 6.29 Å². The zero-order chi connectivity index (χ0) is 5.11. The van der Waals surface area contributed by atoms with E-state index in [0.29, 0.717) is 0 Å². The first kappa shape index (κ1) is 4.31. The number of aldehydes is 1. The predicted molar refractivity (Wildman–Crippen MR) is 27.9 cm³/mol. The van der Waals surface area contributed by atoms with Crippen LogP contribution < -0.4 is 0 Å². The van der Waals surface area contributed by atoms with Crippen LogP contribution in [-0.2, 0) is 4.79 Å². The average Bonchev–Trinajstić information content (AvgIpc) is 2.14. The second-order valence-corrected chi connectivity index (χ2v) is 1.49. The highest BCUT2D eigenvalue weighted by molar-refractivity contribution is 5.75. The molecular formula is C6H6O. The number of hydrogen-bond acceptors (Lipinski definition) is 1. The van der Waals surface area contributed by atoms with Crippen LogP contribution in [-0.4, -0.2) is 6.29 Å². The summed E-state index contributed by atoms with van der Waals surface area (Å²) in [7, 11) is 0. The van der Waals surface area contributed by atoms with Crippen LogP contribution in [0.3, 0.4) is 0 Å². The molecule has 7 heavy (non-hydrogen) atoms. The Hall–Kier alpha value is -0.850. The van der Waals surface area contributed by atoms with E-state index in [-0.39, 0.29) is 0 Å². The second kappa shape index (κ2) is 1.73. The van der Waals surface area contributed by atoms with Crippen LogP contribution in [0.4, 0.5) is 0 Å². The summed E-state index contributed by atoms with van der Waals surface area (Å²) in [6.07, 6.45) is 7.39. The molecule has 0 N–H and O–H groups in total. The van der Waals surface area contributed by atoms with Crippen molar-refractivity contribution in [3.8, 4) is 0 Å². The fourth-order valence-electron chi connectivity index (χ4n) is 0.551. The van der Waals surface area contributed by atoms with Crippen LogP contribution in [0.1, 0.15) is 6.42 Å². The first-order valence-corrected chi connectivity index (χ1v) is 2.24. The number of rotatable bonds is 1. The standard InChI is InChI=1S/C6H6O/c7-5-6-3-1-2-4-6/h1-3,5H,4H2. The minimum absolute atomic E-state index is 0.823. The summed E-state index contributed by atoms with van der Waals surface area (Å²) >= 11 is 0. The summed E-state index contributed by atoms with van der Waals surface area (Å²) < 4.78 is 0. The summed E-state index contributed by atoms with van der Waals surface area (Å²) in [5.41, 5.74) is 0.875. The van der Waals surface area contributed by atoms with E-state index in [0.717, 1.165) is 18.3 Å². The Balaban J connectivity index is 2.61. The van der Waals surface area contributed by atoms with Gasteiger partial charge in [0.25, 0.3) is 0 Å². The van der Waals surface area contributed by atoms with Crippen LogP contribution in [0, 0.1) is 0 Å². The molecule has 0 spiro atoms. The fraction of sp³-hybridized carbons (Fsp3) is 0.167. The third-order valence-corrected chi connectivity index (χ3v) is 0.951. The lowest BCUT2D eigenvalue weighted by atomic mass is 10.3. The summed E-state index contributed by atoms with van der Waals surface area (Å²) in [6, 6.07) is 0. The van der Waals surface area contributed by atoms with E-state index in [1.165, 1.54) is 0 Å². The topological polar surface area (TPSA) is 17.1 Å². The molecule has 0 amide bonds. The van der Waals surface area contributed by atoms with Crippen molar-refractivity contribution in [3.05, 3.63) is 23.8 Å². The fourth-order valence-corrected chi connectivity index (χ4v) is 0.551. The lowest BCUT2D eigenvalue weighted by Crippen LogP contribution is -1.73. The Morgan fingerprint density at radius 3 is 2.86 bits per heavy atom. The van der Waals surface area contributed by atoms with E-state index in [4.69, 9.17) is 0 Å². The van der Waals surface area contributed by atoms with Crippen molar-refractivity contribution in [1.82, 2.24) is 0 Å². The van der Waals surface area contributed by atoms with Crippen LogP contribution in [0.5, 0.6) is 0 Å². The van der Waals surface area contributed by atoms with Crippen molar-refractivity contribution in [1.29, 1.82) is 0 Å². The first-order chi connectivity index (χ1) is 3.43. The van der Waals surface area contributed by atoms with Gasteiger partial charge in [-0.2, -0.15) is 0 Å². The second-order valence-electron chi connectivity index (χ2n) is 1.49. The van der Waals surface area contributed by atoms with E-state index < -0.39 is 0 Å². The zero-order valence-corrected chi connectivity index (χ0v) is 3.92. The minimum Gasteiger partial charge on any atom is -0.298 e. The smallest absolute Gasteiger partial charge is 0.146 e. The van der Waals surface area contributed by atoms with Crippen molar-refractivity contribution < 1.29 is 4.79 Å². The molecule has 1 aliphatic rings. The Morgan fingerprint density at radius 2 is 2.57 bits per heavy atom. The van der Waals surface area contributed by atoms with Gasteiger partial charge in [0.1, 0.15) is 6.29 Å². The molecule has 0 aromatic carbocycles. The van der Waals surface area contributed by atoms with Crippen LogP contribution in [0.15, 0.2) is 23.8 Å². The minimum atomic E-state index is 0.823. The van der Waals surface area contributed by atoms with E-state index in [2.05, 4.69) is 0 Å². The molecular weight excluding hydrogens is 88.1 g/mol. The molecule has 0 bridgehead atoms. The molecule has 0 radical (unpaired) electrons. The number of allylic oxidation sites excluding steroid dienone is 4. The first-order valence-electron chi connectivity index (χ1n) is 2.24. The molecule has 1 rings (SSSR count). The molecule has 36 valence electrons. The Kier molecular flexibility index (Phi) is 1.07. The Bertz CT molecular complexity index is 131. The largest absolute Gasteiger partial charge is 0.298 e. The van der Waals surface area contributed by atoms with Gasteiger partial charge >= 0.3 is 0 Å². The molecule has 0 aromatic heterocycles. The van der Waals surface area contributed by atoms with Crippen LogP contribution >= 0.6 is 0 Å². The third kappa shape index (κ3) is 0.769. The van der Waals surface area contributed by atoms with Gasteiger partial charge in [-0.1, -0.05) is 18.2 Å².